The summed E-state index contributed by atoms with van der Waals surface area (Å²) in [6.45, 7) is 2.51. The Morgan fingerprint density at radius 1 is 0.933 bits per heavy atom. The summed E-state index contributed by atoms with van der Waals surface area (Å²) >= 11 is 0. The fourth-order valence-electron chi connectivity index (χ4n) is 3.02. The van der Waals surface area contributed by atoms with Crippen molar-refractivity contribution in [2.24, 2.45) is 0 Å². The first-order chi connectivity index (χ1) is 14.6. The van der Waals surface area contributed by atoms with Crippen molar-refractivity contribution in [1.82, 2.24) is 15.0 Å². The number of benzene rings is 2. The fraction of sp³-hybridized carbons (Fsp3) is 0.130. The topological polar surface area (TPSA) is 94.4 Å². The molecule has 0 amide bonds. The van der Waals surface area contributed by atoms with Crippen LogP contribution in [-0.2, 0) is 13.2 Å². The number of carboxylic acid groups (broad SMARTS) is 1. The van der Waals surface area contributed by atoms with Crippen molar-refractivity contribution in [3.05, 3.63) is 89.4 Å². The molecule has 150 valence electrons. The van der Waals surface area contributed by atoms with Crippen LogP contribution in [0.1, 0.15) is 27.2 Å². The molecule has 7 nitrogen and oxygen atoms in total. The summed E-state index contributed by atoms with van der Waals surface area (Å²) in [6.07, 6.45) is 2.42. The van der Waals surface area contributed by atoms with E-state index < -0.39 is 5.97 Å². The van der Waals surface area contributed by atoms with E-state index in [1.54, 1.807) is 0 Å². The van der Waals surface area contributed by atoms with Gasteiger partial charge < -0.3 is 14.6 Å². The Hall–Kier alpha value is -4.00. The monoisotopic (exact) mass is 401 g/mol. The summed E-state index contributed by atoms with van der Waals surface area (Å²) in [5.74, 6) is -0.334. The summed E-state index contributed by atoms with van der Waals surface area (Å²) in [5.41, 5.74) is 3.43. The summed E-state index contributed by atoms with van der Waals surface area (Å²) in [6, 6.07) is 17.8. The average Bonchev–Trinajstić information content (AvgIpc) is 2.78. The molecule has 0 bridgehead atoms. The molecule has 0 aliphatic carbocycles. The third-order valence-electron chi connectivity index (χ3n) is 4.62. The summed E-state index contributed by atoms with van der Waals surface area (Å²) in [5, 5.41) is 9.87. The van der Waals surface area contributed by atoms with E-state index in [1.165, 1.54) is 12.4 Å². The van der Waals surface area contributed by atoms with Gasteiger partial charge in [0.2, 0.25) is 0 Å². The van der Waals surface area contributed by atoms with Gasteiger partial charge in [-0.15, -0.1) is 0 Å². The van der Waals surface area contributed by atoms with Crippen molar-refractivity contribution in [2.75, 3.05) is 0 Å². The predicted molar refractivity (Wildman–Crippen MR) is 111 cm³/mol. The maximum absolute atomic E-state index is 10.9. The lowest BCUT2D eigenvalue weighted by Gasteiger charge is -2.15. The number of hydrogen-bond acceptors (Lipinski definition) is 6. The van der Waals surface area contributed by atoms with Gasteiger partial charge in [0.1, 0.15) is 19.0 Å². The van der Waals surface area contributed by atoms with Gasteiger partial charge in [-0.1, -0.05) is 42.5 Å². The van der Waals surface area contributed by atoms with Crippen LogP contribution in [0.15, 0.2) is 67.0 Å². The van der Waals surface area contributed by atoms with Gasteiger partial charge in [0.05, 0.1) is 16.8 Å². The molecule has 0 saturated heterocycles. The van der Waals surface area contributed by atoms with Gasteiger partial charge in [0, 0.05) is 23.3 Å². The van der Waals surface area contributed by atoms with Gasteiger partial charge >= 0.3 is 12.0 Å². The van der Waals surface area contributed by atoms with Crippen molar-refractivity contribution in [3.63, 3.8) is 0 Å². The molecule has 0 fully saturated rings. The van der Waals surface area contributed by atoms with Crippen molar-refractivity contribution in [3.8, 4) is 11.8 Å². The third-order valence-corrected chi connectivity index (χ3v) is 4.62. The lowest BCUT2D eigenvalue weighted by atomic mass is 10.1. The standard InChI is InChI=1S/C23H19N3O4/c1-15-20(14-30-23-24-11-17(12-25-23)22(27)28)26-19-10-6-5-9-18(19)21(15)29-13-16-7-3-2-4-8-16/h2-12H,13-14H2,1H3,(H,27,28). The number of aromatic carboxylic acids is 1. The molecule has 0 radical (unpaired) electrons. The summed E-state index contributed by atoms with van der Waals surface area (Å²) in [4.78, 5) is 23.5. The van der Waals surface area contributed by atoms with Gasteiger partial charge in [-0.25, -0.2) is 19.7 Å². The van der Waals surface area contributed by atoms with Crippen LogP contribution < -0.4 is 9.47 Å². The number of nitrogens with zero attached hydrogens (tertiary/aromatic N) is 3. The van der Waals surface area contributed by atoms with Crippen molar-refractivity contribution in [2.45, 2.75) is 20.1 Å². The normalized spacial score (nSPS) is 10.7. The number of pyridine rings is 1. The zero-order valence-corrected chi connectivity index (χ0v) is 16.3. The van der Waals surface area contributed by atoms with Crippen molar-refractivity contribution in [1.29, 1.82) is 0 Å². The largest absolute Gasteiger partial charge is 0.488 e. The highest BCUT2D eigenvalue weighted by Crippen LogP contribution is 2.31. The molecule has 2 aromatic carbocycles. The molecule has 0 unspecified atom stereocenters. The molecule has 0 spiro atoms. The van der Waals surface area contributed by atoms with E-state index >= 15 is 0 Å². The van der Waals surface area contributed by atoms with E-state index in [0.29, 0.717) is 12.3 Å². The third kappa shape index (κ3) is 4.20. The Balaban J connectivity index is 1.59. The molecular formula is C23H19N3O4. The SMILES string of the molecule is Cc1c(COc2ncc(C(=O)O)cn2)nc2ccccc2c1OCc1ccccc1. The number of carbonyl (C=O) groups is 1. The molecule has 4 aromatic rings. The van der Waals surface area contributed by atoms with Gasteiger partial charge in [-0.3, -0.25) is 0 Å². The molecule has 0 saturated carbocycles. The van der Waals surface area contributed by atoms with Crippen LogP contribution in [0.2, 0.25) is 0 Å². The van der Waals surface area contributed by atoms with Crippen LogP contribution in [0.5, 0.6) is 11.8 Å². The van der Waals surface area contributed by atoms with Crippen molar-refractivity contribution < 1.29 is 19.4 Å². The molecular weight excluding hydrogens is 382 g/mol. The molecule has 0 aliphatic heterocycles. The van der Waals surface area contributed by atoms with Gasteiger partial charge in [0.15, 0.2) is 0 Å². The van der Waals surface area contributed by atoms with Crippen LogP contribution in [0.4, 0.5) is 0 Å². The van der Waals surface area contributed by atoms with Crippen LogP contribution in [0.25, 0.3) is 10.9 Å². The Kier molecular flexibility index (Phi) is 5.52. The average molecular weight is 401 g/mol. The Labute approximate surface area is 173 Å². The first-order valence-electron chi connectivity index (χ1n) is 9.35. The van der Waals surface area contributed by atoms with E-state index in [-0.39, 0.29) is 18.2 Å². The minimum atomic E-state index is -1.09. The number of fused-ring (bicyclic) bond motifs is 1. The second-order valence-corrected chi connectivity index (χ2v) is 6.65. The first-order valence-corrected chi connectivity index (χ1v) is 9.35. The molecule has 2 aromatic heterocycles. The highest BCUT2D eigenvalue weighted by Gasteiger charge is 2.14. The molecule has 0 aliphatic rings. The van der Waals surface area contributed by atoms with Crippen LogP contribution in [0.3, 0.4) is 0 Å². The van der Waals surface area contributed by atoms with Gasteiger partial charge in [-0.05, 0) is 24.6 Å². The predicted octanol–water partition coefficient (Wildman–Crippen LogP) is 4.19. The summed E-state index contributed by atoms with van der Waals surface area (Å²) in [7, 11) is 0. The zero-order chi connectivity index (χ0) is 20.9. The number of carboxylic acids is 1. The van der Waals surface area contributed by atoms with E-state index in [1.807, 2.05) is 61.5 Å². The maximum Gasteiger partial charge on any atom is 0.338 e. The second-order valence-electron chi connectivity index (χ2n) is 6.65. The van der Waals surface area contributed by atoms with Crippen molar-refractivity contribution >= 4 is 16.9 Å². The minimum absolute atomic E-state index is 0.000964. The Bertz CT molecular complexity index is 1180. The molecule has 4 rings (SSSR count). The Morgan fingerprint density at radius 2 is 1.63 bits per heavy atom. The minimum Gasteiger partial charge on any atom is -0.488 e. The Morgan fingerprint density at radius 3 is 2.37 bits per heavy atom. The van der Waals surface area contributed by atoms with E-state index in [0.717, 1.165) is 27.8 Å². The van der Waals surface area contributed by atoms with E-state index in [2.05, 4.69) is 9.97 Å². The fourth-order valence-corrected chi connectivity index (χ4v) is 3.02. The molecule has 7 heteroatoms. The second kappa shape index (κ2) is 8.57. The van der Waals surface area contributed by atoms with E-state index in [9.17, 15) is 4.79 Å². The van der Waals surface area contributed by atoms with Gasteiger partial charge in [-0.2, -0.15) is 0 Å². The van der Waals surface area contributed by atoms with E-state index in [4.69, 9.17) is 19.6 Å². The number of hydrogen-bond donors (Lipinski definition) is 1. The molecule has 2 heterocycles. The quantitative estimate of drug-likeness (QED) is 0.496. The number of rotatable bonds is 7. The lowest BCUT2D eigenvalue weighted by Crippen LogP contribution is -2.07. The van der Waals surface area contributed by atoms with Gasteiger partial charge in [0.25, 0.3) is 0 Å². The summed E-state index contributed by atoms with van der Waals surface area (Å²) < 4.78 is 11.8. The molecule has 0 atom stereocenters. The zero-order valence-electron chi connectivity index (χ0n) is 16.3. The first kappa shape index (κ1) is 19.3. The number of aromatic nitrogens is 3. The number of para-hydroxylation sites is 1. The molecule has 1 N–H and O–H groups in total. The smallest absolute Gasteiger partial charge is 0.338 e. The highest BCUT2D eigenvalue weighted by atomic mass is 16.5. The molecule has 30 heavy (non-hydrogen) atoms. The van der Waals surface area contributed by atoms with Crippen LogP contribution in [0, 0.1) is 6.92 Å². The number of ether oxygens (including phenoxy) is 2. The van der Waals surface area contributed by atoms with Crippen LogP contribution >= 0.6 is 0 Å². The van der Waals surface area contributed by atoms with Crippen LogP contribution in [-0.4, -0.2) is 26.0 Å². The maximum atomic E-state index is 10.9. The highest BCUT2D eigenvalue weighted by molar-refractivity contribution is 5.87. The lowest BCUT2D eigenvalue weighted by molar-refractivity contribution is 0.0695.